The minimum atomic E-state index is -0.348. The molecule has 0 saturated carbocycles. The first-order chi connectivity index (χ1) is 8.90. The molecular formula is C12H23N5O2. The van der Waals surface area contributed by atoms with Gasteiger partial charge in [-0.15, -0.1) is 5.10 Å². The summed E-state index contributed by atoms with van der Waals surface area (Å²) >= 11 is 0. The van der Waals surface area contributed by atoms with Gasteiger partial charge in [0.05, 0.1) is 6.10 Å². The molecule has 19 heavy (non-hydrogen) atoms. The zero-order chi connectivity index (χ0) is 14.4. The Morgan fingerprint density at radius 3 is 2.63 bits per heavy atom. The summed E-state index contributed by atoms with van der Waals surface area (Å²) in [6, 6.07) is 0. The Morgan fingerprint density at radius 2 is 2.05 bits per heavy atom. The zero-order valence-electron chi connectivity index (χ0n) is 12.0. The van der Waals surface area contributed by atoms with Crippen molar-refractivity contribution in [3.8, 4) is 0 Å². The number of carbonyl (C=O) groups is 1. The summed E-state index contributed by atoms with van der Waals surface area (Å²) in [4.78, 5) is 11.8. The average Bonchev–Trinajstić information content (AvgIpc) is 2.73. The lowest BCUT2D eigenvalue weighted by Crippen LogP contribution is -2.33. The Labute approximate surface area is 113 Å². The van der Waals surface area contributed by atoms with Crippen LogP contribution in [0, 0.1) is 5.92 Å². The van der Waals surface area contributed by atoms with E-state index in [9.17, 15) is 9.90 Å². The largest absolute Gasteiger partial charge is 0.393 e. The molecule has 1 rings (SSSR count). The fourth-order valence-electron chi connectivity index (χ4n) is 1.88. The number of amides is 1. The summed E-state index contributed by atoms with van der Waals surface area (Å²) in [7, 11) is 0. The maximum absolute atomic E-state index is 11.8. The molecule has 1 aromatic heterocycles. The zero-order valence-corrected chi connectivity index (χ0v) is 12.0. The van der Waals surface area contributed by atoms with Crippen molar-refractivity contribution in [2.45, 2.75) is 52.7 Å². The van der Waals surface area contributed by atoms with E-state index in [4.69, 9.17) is 0 Å². The van der Waals surface area contributed by atoms with Crippen LogP contribution in [0.1, 0.15) is 45.9 Å². The number of aliphatic hydroxyl groups excluding tert-OH is 1. The minimum Gasteiger partial charge on any atom is -0.393 e. The van der Waals surface area contributed by atoms with Crippen molar-refractivity contribution in [2.75, 3.05) is 6.54 Å². The van der Waals surface area contributed by atoms with Gasteiger partial charge in [0.25, 0.3) is 0 Å². The van der Waals surface area contributed by atoms with Gasteiger partial charge in [0.1, 0.15) is 6.54 Å². The molecule has 0 radical (unpaired) electrons. The standard InChI is InChI=1S/C12H23N5O2/c1-8(2)12-14-15-16-17(12)7-11(19)13-6-9(3)5-10(4)18/h8-10,18H,5-7H2,1-4H3,(H,13,19). The van der Waals surface area contributed by atoms with E-state index < -0.39 is 0 Å². The van der Waals surface area contributed by atoms with Gasteiger partial charge in [0.15, 0.2) is 5.82 Å². The van der Waals surface area contributed by atoms with Crippen LogP contribution in [0.4, 0.5) is 0 Å². The molecule has 108 valence electrons. The third-order valence-electron chi connectivity index (χ3n) is 2.76. The van der Waals surface area contributed by atoms with E-state index >= 15 is 0 Å². The van der Waals surface area contributed by atoms with E-state index in [0.29, 0.717) is 18.8 Å². The molecule has 0 fully saturated rings. The molecule has 2 unspecified atom stereocenters. The molecule has 0 bridgehead atoms. The summed E-state index contributed by atoms with van der Waals surface area (Å²) in [6.45, 7) is 8.36. The molecule has 2 atom stereocenters. The molecule has 1 heterocycles. The fourth-order valence-corrected chi connectivity index (χ4v) is 1.88. The Bertz CT molecular complexity index is 403. The molecular weight excluding hydrogens is 246 g/mol. The number of aliphatic hydroxyl groups is 1. The Hall–Kier alpha value is -1.50. The number of hydrogen-bond donors (Lipinski definition) is 2. The predicted octanol–water partition coefficient (Wildman–Crippen LogP) is 0.320. The number of nitrogens with zero attached hydrogens (tertiary/aromatic N) is 4. The predicted molar refractivity (Wildman–Crippen MR) is 70.4 cm³/mol. The van der Waals surface area contributed by atoms with Crippen molar-refractivity contribution in [3.63, 3.8) is 0 Å². The lowest BCUT2D eigenvalue weighted by molar-refractivity contribution is -0.122. The quantitative estimate of drug-likeness (QED) is 0.743. The van der Waals surface area contributed by atoms with Gasteiger partial charge in [-0.1, -0.05) is 20.8 Å². The van der Waals surface area contributed by atoms with Gasteiger partial charge in [-0.05, 0) is 29.7 Å². The van der Waals surface area contributed by atoms with Crippen molar-refractivity contribution in [1.29, 1.82) is 0 Å². The van der Waals surface area contributed by atoms with Crippen LogP contribution in [-0.4, -0.2) is 43.9 Å². The lowest BCUT2D eigenvalue weighted by atomic mass is 10.1. The molecule has 0 aliphatic carbocycles. The van der Waals surface area contributed by atoms with Crippen molar-refractivity contribution in [1.82, 2.24) is 25.5 Å². The molecule has 0 saturated heterocycles. The molecule has 7 heteroatoms. The summed E-state index contributed by atoms with van der Waals surface area (Å²) in [5.41, 5.74) is 0. The van der Waals surface area contributed by atoms with Crippen LogP contribution in [0.2, 0.25) is 0 Å². The van der Waals surface area contributed by atoms with Gasteiger partial charge < -0.3 is 10.4 Å². The molecule has 1 aromatic rings. The van der Waals surface area contributed by atoms with Crippen LogP contribution in [-0.2, 0) is 11.3 Å². The summed E-state index contributed by atoms with van der Waals surface area (Å²) in [5, 5.41) is 23.4. The Balaban J connectivity index is 2.41. The molecule has 7 nitrogen and oxygen atoms in total. The smallest absolute Gasteiger partial charge is 0.241 e. The van der Waals surface area contributed by atoms with Gasteiger partial charge in [0, 0.05) is 12.5 Å². The van der Waals surface area contributed by atoms with E-state index in [-0.39, 0.29) is 30.4 Å². The van der Waals surface area contributed by atoms with Crippen molar-refractivity contribution in [3.05, 3.63) is 5.82 Å². The van der Waals surface area contributed by atoms with Gasteiger partial charge in [-0.2, -0.15) is 0 Å². The molecule has 0 aliphatic rings. The van der Waals surface area contributed by atoms with Gasteiger partial charge in [0.2, 0.25) is 5.91 Å². The van der Waals surface area contributed by atoms with Crippen LogP contribution in [0.5, 0.6) is 0 Å². The highest BCUT2D eigenvalue weighted by Gasteiger charge is 2.14. The number of carbonyl (C=O) groups excluding carboxylic acids is 1. The van der Waals surface area contributed by atoms with Crippen molar-refractivity contribution in [2.24, 2.45) is 5.92 Å². The number of hydrogen-bond acceptors (Lipinski definition) is 5. The van der Waals surface area contributed by atoms with Crippen LogP contribution >= 0.6 is 0 Å². The SMILES string of the molecule is CC(O)CC(C)CNC(=O)Cn1nnnc1C(C)C. The Kier molecular flexibility index (Phi) is 5.88. The Morgan fingerprint density at radius 1 is 1.37 bits per heavy atom. The van der Waals surface area contributed by atoms with Gasteiger partial charge >= 0.3 is 0 Å². The molecule has 1 amide bonds. The third kappa shape index (κ3) is 5.34. The number of rotatable bonds is 7. The number of aromatic nitrogens is 4. The number of nitrogens with one attached hydrogen (secondary N) is 1. The summed E-state index contributed by atoms with van der Waals surface area (Å²) < 4.78 is 1.51. The number of tetrazole rings is 1. The molecule has 2 N–H and O–H groups in total. The van der Waals surface area contributed by atoms with Crippen LogP contribution in [0.25, 0.3) is 0 Å². The fraction of sp³-hybridized carbons (Fsp3) is 0.833. The first-order valence-corrected chi connectivity index (χ1v) is 6.61. The van der Waals surface area contributed by atoms with E-state index in [1.807, 2.05) is 20.8 Å². The normalized spacial score (nSPS) is 14.4. The second-order valence-electron chi connectivity index (χ2n) is 5.34. The summed E-state index contributed by atoms with van der Waals surface area (Å²) in [5.74, 6) is 0.998. The van der Waals surface area contributed by atoms with Crippen LogP contribution < -0.4 is 5.32 Å². The van der Waals surface area contributed by atoms with E-state index in [2.05, 4.69) is 20.8 Å². The summed E-state index contributed by atoms with van der Waals surface area (Å²) in [6.07, 6.45) is 0.321. The average molecular weight is 269 g/mol. The first kappa shape index (κ1) is 15.6. The van der Waals surface area contributed by atoms with E-state index in [0.717, 1.165) is 0 Å². The van der Waals surface area contributed by atoms with Gasteiger partial charge in [-0.3, -0.25) is 4.79 Å². The van der Waals surface area contributed by atoms with Crippen molar-refractivity contribution < 1.29 is 9.90 Å². The second kappa shape index (κ2) is 7.18. The topological polar surface area (TPSA) is 92.9 Å². The highest BCUT2D eigenvalue weighted by atomic mass is 16.3. The maximum Gasteiger partial charge on any atom is 0.241 e. The minimum absolute atomic E-state index is 0.119. The monoisotopic (exact) mass is 269 g/mol. The van der Waals surface area contributed by atoms with Crippen LogP contribution in [0.15, 0.2) is 0 Å². The highest BCUT2D eigenvalue weighted by molar-refractivity contribution is 5.75. The molecule has 0 aromatic carbocycles. The van der Waals surface area contributed by atoms with E-state index in [1.165, 1.54) is 4.68 Å². The highest BCUT2D eigenvalue weighted by Crippen LogP contribution is 2.08. The van der Waals surface area contributed by atoms with E-state index in [1.54, 1.807) is 6.92 Å². The first-order valence-electron chi connectivity index (χ1n) is 6.61. The maximum atomic E-state index is 11.8. The third-order valence-corrected chi connectivity index (χ3v) is 2.76. The lowest BCUT2D eigenvalue weighted by Gasteiger charge is -2.14. The van der Waals surface area contributed by atoms with Gasteiger partial charge in [-0.25, -0.2) is 4.68 Å². The molecule has 0 spiro atoms. The van der Waals surface area contributed by atoms with Crippen LogP contribution in [0.3, 0.4) is 0 Å². The second-order valence-corrected chi connectivity index (χ2v) is 5.34. The molecule has 0 aliphatic heterocycles. The van der Waals surface area contributed by atoms with Crippen molar-refractivity contribution >= 4 is 5.91 Å².